The number of carbonyl (C=O) groups excluding carboxylic acids is 1. The number of aliphatic carboxylic acids is 1. The van der Waals surface area contributed by atoms with Gasteiger partial charge in [-0.05, 0) is 13.3 Å². The third-order valence-corrected chi connectivity index (χ3v) is 4.02. The predicted octanol–water partition coefficient (Wildman–Crippen LogP) is 1.69. The Labute approximate surface area is 112 Å². The van der Waals surface area contributed by atoms with Crippen molar-refractivity contribution in [1.82, 2.24) is 5.32 Å². The summed E-state index contributed by atoms with van der Waals surface area (Å²) in [7, 11) is -2.82. The van der Waals surface area contributed by atoms with Crippen LogP contribution >= 0.6 is 7.37 Å². The van der Waals surface area contributed by atoms with E-state index in [2.05, 4.69) is 16.6 Å². The summed E-state index contributed by atoms with van der Waals surface area (Å²) in [5.41, 5.74) is 0. The summed E-state index contributed by atoms with van der Waals surface area (Å²) in [6.07, 6.45) is 0.589. The first kappa shape index (κ1) is 17.7. The molecule has 2 unspecified atom stereocenters. The summed E-state index contributed by atoms with van der Waals surface area (Å²) in [4.78, 5) is 22.2. The second-order valence-electron chi connectivity index (χ2n) is 3.87. The zero-order valence-corrected chi connectivity index (χ0v) is 12.0. The first-order valence-corrected chi connectivity index (χ1v) is 8.06. The van der Waals surface area contributed by atoms with Crippen LogP contribution in [0.25, 0.3) is 0 Å². The quantitative estimate of drug-likeness (QED) is 0.495. The first-order chi connectivity index (χ1) is 8.82. The number of alkyl carbamates (subject to hydrolysis) is 1. The van der Waals surface area contributed by atoms with Crippen molar-refractivity contribution in [3.05, 3.63) is 12.7 Å². The van der Waals surface area contributed by atoms with Gasteiger partial charge in [0.2, 0.25) is 0 Å². The highest BCUT2D eigenvalue weighted by Crippen LogP contribution is 2.43. The van der Waals surface area contributed by atoms with Crippen molar-refractivity contribution in [3.63, 3.8) is 0 Å². The highest BCUT2D eigenvalue weighted by molar-refractivity contribution is 7.58. The van der Waals surface area contributed by atoms with Gasteiger partial charge in [0.05, 0.1) is 6.61 Å². The molecule has 0 rings (SSSR count). The smallest absolute Gasteiger partial charge is 0.408 e. The van der Waals surface area contributed by atoms with Crippen molar-refractivity contribution >= 4 is 19.4 Å². The molecule has 0 radical (unpaired) electrons. The van der Waals surface area contributed by atoms with Gasteiger partial charge >= 0.3 is 12.1 Å². The van der Waals surface area contributed by atoms with Gasteiger partial charge in [0, 0.05) is 12.8 Å². The van der Waals surface area contributed by atoms with Crippen LogP contribution < -0.4 is 5.32 Å². The lowest BCUT2D eigenvalue weighted by Crippen LogP contribution is -2.41. The minimum atomic E-state index is -2.82. The van der Waals surface area contributed by atoms with E-state index in [0.29, 0.717) is 6.61 Å². The average Bonchev–Trinajstić information content (AvgIpc) is 2.31. The molecule has 0 saturated heterocycles. The Kier molecular flexibility index (Phi) is 8.11. The van der Waals surface area contributed by atoms with Crippen LogP contribution in [0, 0.1) is 0 Å². The molecule has 0 saturated carbocycles. The zero-order valence-electron chi connectivity index (χ0n) is 11.1. The molecule has 8 heteroatoms. The first-order valence-electron chi connectivity index (χ1n) is 5.80. The van der Waals surface area contributed by atoms with Gasteiger partial charge in [-0.15, -0.1) is 0 Å². The standard InChI is InChI=1S/C11H20NO6P/c1-4-7-17-11(15)12-9(10(13)14)6-8-19(3,16)18-5-2/h4,9H,1,5-8H2,2-3H3,(H,12,15)(H,13,14). The van der Waals surface area contributed by atoms with Crippen LogP contribution in [0.1, 0.15) is 13.3 Å². The van der Waals surface area contributed by atoms with Crippen LogP contribution in [0.4, 0.5) is 4.79 Å². The normalized spacial score (nSPS) is 15.1. The third kappa shape index (κ3) is 8.40. The number of carboxylic acid groups (broad SMARTS) is 1. The van der Waals surface area contributed by atoms with E-state index < -0.39 is 25.5 Å². The maximum Gasteiger partial charge on any atom is 0.408 e. The van der Waals surface area contributed by atoms with Gasteiger partial charge in [0.25, 0.3) is 0 Å². The third-order valence-electron chi connectivity index (χ3n) is 2.15. The molecule has 0 spiro atoms. The van der Waals surface area contributed by atoms with Crippen molar-refractivity contribution in [1.29, 1.82) is 0 Å². The Morgan fingerprint density at radius 3 is 2.63 bits per heavy atom. The molecule has 2 N–H and O–H groups in total. The lowest BCUT2D eigenvalue weighted by molar-refractivity contribution is -0.139. The number of nitrogens with one attached hydrogen (secondary N) is 1. The fourth-order valence-electron chi connectivity index (χ4n) is 1.28. The molecule has 110 valence electrons. The van der Waals surface area contributed by atoms with E-state index in [1.54, 1.807) is 6.92 Å². The molecular formula is C11H20NO6P. The van der Waals surface area contributed by atoms with Gasteiger partial charge in [0.1, 0.15) is 12.6 Å². The highest BCUT2D eigenvalue weighted by atomic mass is 31.2. The number of carbonyl (C=O) groups is 2. The van der Waals surface area contributed by atoms with E-state index in [0.717, 1.165) is 0 Å². The summed E-state index contributed by atoms with van der Waals surface area (Å²) in [5.74, 6) is -1.22. The Bertz CT molecular complexity index is 370. The van der Waals surface area contributed by atoms with E-state index in [9.17, 15) is 14.2 Å². The molecule has 0 heterocycles. The fraction of sp³-hybridized carbons (Fsp3) is 0.636. The van der Waals surface area contributed by atoms with Crippen LogP contribution in [0.15, 0.2) is 12.7 Å². The molecule has 0 aliphatic rings. The lowest BCUT2D eigenvalue weighted by Gasteiger charge is -2.17. The van der Waals surface area contributed by atoms with Crippen LogP contribution in [0.5, 0.6) is 0 Å². The summed E-state index contributed by atoms with van der Waals surface area (Å²) in [6.45, 7) is 6.78. The molecule has 0 bridgehead atoms. The topological polar surface area (TPSA) is 102 Å². The highest BCUT2D eigenvalue weighted by Gasteiger charge is 2.24. The molecule has 0 aromatic rings. The van der Waals surface area contributed by atoms with Gasteiger partial charge in [-0.25, -0.2) is 9.59 Å². The SMILES string of the molecule is C=CCOC(=O)NC(CCP(C)(=O)OCC)C(=O)O. The molecule has 0 aliphatic carbocycles. The van der Waals surface area contributed by atoms with Crippen molar-refractivity contribution in [3.8, 4) is 0 Å². The minimum Gasteiger partial charge on any atom is -0.480 e. The van der Waals surface area contributed by atoms with E-state index >= 15 is 0 Å². The molecule has 0 aromatic carbocycles. The van der Waals surface area contributed by atoms with Gasteiger partial charge in [0.15, 0.2) is 7.37 Å². The van der Waals surface area contributed by atoms with E-state index in [1.165, 1.54) is 12.7 Å². The number of ether oxygens (including phenoxy) is 1. The average molecular weight is 293 g/mol. The molecule has 19 heavy (non-hydrogen) atoms. The van der Waals surface area contributed by atoms with Gasteiger partial charge in [-0.2, -0.15) is 0 Å². The Morgan fingerprint density at radius 2 is 2.16 bits per heavy atom. The number of carboxylic acids is 1. The largest absolute Gasteiger partial charge is 0.480 e. The molecule has 0 aromatic heterocycles. The molecule has 0 aliphatic heterocycles. The summed E-state index contributed by atoms with van der Waals surface area (Å²) in [5, 5.41) is 11.1. The predicted molar refractivity (Wildman–Crippen MR) is 70.7 cm³/mol. The Hall–Kier alpha value is -1.33. The van der Waals surface area contributed by atoms with E-state index in [4.69, 9.17) is 9.63 Å². The molecule has 1 amide bonds. The Balaban J connectivity index is 4.35. The van der Waals surface area contributed by atoms with E-state index in [1.807, 2.05) is 0 Å². The number of hydrogen-bond acceptors (Lipinski definition) is 5. The van der Waals surface area contributed by atoms with Gasteiger partial charge < -0.3 is 19.7 Å². The number of rotatable bonds is 9. The van der Waals surface area contributed by atoms with Crippen molar-refractivity contribution < 1.29 is 28.5 Å². The van der Waals surface area contributed by atoms with Crippen molar-refractivity contribution in [2.45, 2.75) is 19.4 Å². The van der Waals surface area contributed by atoms with E-state index in [-0.39, 0.29) is 19.2 Å². The van der Waals surface area contributed by atoms with Gasteiger partial charge in [-0.1, -0.05) is 12.7 Å². The minimum absolute atomic E-state index is 0.00625. The number of hydrogen-bond donors (Lipinski definition) is 2. The van der Waals surface area contributed by atoms with Crippen LogP contribution in [0.3, 0.4) is 0 Å². The lowest BCUT2D eigenvalue weighted by atomic mass is 10.2. The molecule has 2 atom stereocenters. The summed E-state index contributed by atoms with van der Waals surface area (Å²) in [6, 6.07) is -1.16. The zero-order chi connectivity index (χ0) is 14.9. The Morgan fingerprint density at radius 1 is 1.53 bits per heavy atom. The van der Waals surface area contributed by atoms with Crippen molar-refractivity contribution in [2.75, 3.05) is 26.0 Å². The summed E-state index contributed by atoms with van der Waals surface area (Å²) < 4.78 is 21.5. The second kappa shape index (κ2) is 8.72. The maximum absolute atomic E-state index is 11.8. The molecule has 0 fully saturated rings. The second-order valence-corrected chi connectivity index (χ2v) is 6.60. The molecule has 7 nitrogen and oxygen atoms in total. The van der Waals surface area contributed by atoms with Gasteiger partial charge in [-0.3, -0.25) is 4.57 Å². The monoisotopic (exact) mass is 293 g/mol. The fourth-order valence-corrected chi connectivity index (χ4v) is 2.68. The van der Waals surface area contributed by atoms with Crippen LogP contribution in [-0.4, -0.2) is 49.3 Å². The van der Waals surface area contributed by atoms with Crippen LogP contribution in [-0.2, 0) is 18.6 Å². The molecular weight excluding hydrogens is 273 g/mol. The van der Waals surface area contributed by atoms with Crippen molar-refractivity contribution in [2.24, 2.45) is 0 Å². The van der Waals surface area contributed by atoms with Crippen LogP contribution in [0.2, 0.25) is 0 Å². The maximum atomic E-state index is 11.8. The number of amides is 1. The summed E-state index contributed by atoms with van der Waals surface area (Å²) >= 11 is 0.